The molecule has 0 aliphatic rings. The third-order valence-electron chi connectivity index (χ3n) is 9.01. The molecule has 0 spiro atoms. The molecule has 7 heteroatoms. The van der Waals surface area contributed by atoms with Crippen LogP contribution < -0.4 is 5.11 Å². The third-order valence-corrected chi connectivity index (χ3v) is 9.01. The van der Waals surface area contributed by atoms with Gasteiger partial charge in [-0.05, 0) is 53.4 Å². The van der Waals surface area contributed by atoms with Crippen LogP contribution in [0.15, 0.2) is 120 Å². The molecule has 0 radical (unpaired) electrons. The van der Waals surface area contributed by atoms with Gasteiger partial charge in [-0.3, -0.25) is 9.79 Å². The molecule has 310 valence electrons. The second-order valence-electron chi connectivity index (χ2n) is 15.2. The van der Waals surface area contributed by atoms with Gasteiger partial charge in [0.2, 0.25) is 0 Å². The first kappa shape index (κ1) is 55.4. The molecule has 0 atom stereocenters. The minimum atomic E-state index is -0.264. The van der Waals surface area contributed by atoms with Crippen molar-refractivity contribution < 1.29 is 52.0 Å². The van der Waals surface area contributed by atoms with Crippen molar-refractivity contribution in [1.29, 1.82) is 0 Å². The van der Waals surface area contributed by atoms with Crippen LogP contribution in [0.25, 0.3) is 11.1 Å². The minimum Gasteiger partial charge on any atom is -2.00 e. The summed E-state index contributed by atoms with van der Waals surface area (Å²) in [6, 6.07) is 30.7. The number of hydrogen-bond acceptors (Lipinski definition) is 3. The second kappa shape index (κ2) is 29.5. The average Bonchev–Trinajstić information content (AvgIpc) is 3.14. The minimum absolute atomic E-state index is 0. The van der Waals surface area contributed by atoms with Gasteiger partial charge < -0.3 is 21.4 Å². The van der Waals surface area contributed by atoms with Crippen LogP contribution in [0, 0.1) is 31.1 Å². The van der Waals surface area contributed by atoms with Gasteiger partial charge in [0.1, 0.15) is 0 Å². The molecule has 0 aliphatic heterocycles. The van der Waals surface area contributed by atoms with Crippen LogP contribution in [-0.2, 0) is 11.0 Å². The molecule has 0 N–H and O–H groups in total. The number of aliphatic imine (C=N–C) groups is 1. The largest absolute Gasteiger partial charge is 2.00 e. The quantitative estimate of drug-likeness (QED) is 0.0410. The first-order chi connectivity index (χ1) is 25.7. The smallest absolute Gasteiger partial charge is 0.185 e. The Balaban J connectivity index is 0. The van der Waals surface area contributed by atoms with E-state index in [1.807, 2.05) is 12.1 Å². The number of ketones is 1. The van der Waals surface area contributed by atoms with Crippen molar-refractivity contribution in [3.8, 4) is 0 Å². The van der Waals surface area contributed by atoms with Crippen LogP contribution in [0.3, 0.4) is 0 Å². The van der Waals surface area contributed by atoms with Gasteiger partial charge in [-0.1, -0.05) is 222 Å². The maximum atomic E-state index is 11.8. The Morgan fingerprint density at radius 1 is 0.596 bits per heavy atom. The number of carbonyl (C=O) groups is 1. The number of para-hydroxylation sites is 2. The van der Waals surface area contributed by atoms with E-state index in [4.69, 9.17) is 10.3 Å². The van der Waals surface area contributed by atoms with Crippen LogP contribution in [0.1, 0.15) is 171 Å². The van der Waals surface area contributed by atoms with Crippen molar-refractivity contribution in [1.82, 2.24) is 0 Å². The van der Waals surface area contributed by atoms with E-state index in [0.717, 1.165) is 28.9 Å². The van der Waals surface area contributed by atoms with Crippen molar-refractivity contribution in [3.05, 3.63) is 154 Å². The van der Waals surface area contributed by atoms with Crippen molar-refractivity contribution in [2.24, 2.45) is 4.99 Å². The first-order valence-electron chi connectivity index (χ1n) is 20.0. The third kappa shape index (κ3) is 19.1. The van der Waals surface area contributed by atoms with Crippen molar-refractivity contribution in [3.63, 3.8) is 0 Å². The molecule has 0 aromatic heterocycles. The Morgan fingerprint density at radius 2 is 0.982 bits per heavy atom. The number of carbonyl (C=O) groups excluding carboxylic acids is 1. The number of benzene rings is 4. The molecule has 0 bridgehead atoms. The molecule has 0 unspecified atom stereocenters. The van der Waals surface area contributed by atoms with E-state index in [1.165, 1.54) is 47.9 Å². The molecule has 4 rings (SSSR count). The molecule has 6 nitrogen and oxygen atoms in total. The van der Waals surface area contributed by atoms with E-state index in [1.54, 1.807) is 48.5 Å². The van der Waals surface area contributed by atoms with Gasteiger partial charge in [0.15, 0.2) is 5.78 Å². The van der Waals surface area contributed by atoms with E-state index in [2.05, 4.69) is 126 Å². The fraction of sp³-hybridized carbons (Fsp3) is 0.400. The maximum Gasteiger partial charge on any atom is 0.185 e. The predicted octanol–water partition coefficient (Wildman–Crippen LogP) is 14.5. The number of rotatable bonds is 14. The van der Waals surface area contributed by atoms with Gasteiger partial charge in [-0.15, -0.1) is 5.69 Å². The van der Waals surface area contributed by atoms with Crippen molar-refractivity contribution in [2.45, 2.75) is 132 Å². The Kier molecular flexibility index (Phi) is 28.6. The molecule has 0 fully saturated rings. The topological polar surface area (TPSA) is 124 Å². The summed E-state index contributed by atoms with van der Waals surface area (Å²) in [6.07, 6.45) is 8.78. The van der Waals surface area contributed by atoms with E-state index in [0.29, 0.717) is 34.8 Å². The zero-order chi connectivity index (χ0) is 40.2. The molecule has 0 saturated heterocycles. The summed E-state index contributed by atoms with van der Waals surface area (Å²) in [5, 5.41) is 16.8. The van der Waals surface area contributed by atoms with Gasteiger partial charge in [-0.2, -0.15) is 5.70 Å². The van der Waals surface area contributed by atoms with Crippen LogP contribution >= 0.6 is 0 Å². The molecular formula is C50H66N2O4U-6. The monoisotopic (exact) mass is 997 g/mol. The van der Waals surface area contributed by atoms with Crippen LogP contribution in [0.4, 0.5) is 11.4 Å². The standard InChI is InChI=1S/C29H41N2.C15H12O2.C6H14.2O.U/c1-18(2)24-13-11-14-25(19(3)4)28(24)30-22(9)17-23(10)31-29-26(20(5)6)15-12-16-27(29)21(7)8;16-14(12-7-3-1-4-8-12)11-15(17)13-9-5-2-6-10-13;1-3-5-6-4-2;;;/h11-21H,1-10H3;1-11,16H;3-6H2,1-2H3;;;/q-1;;;2*-2;/p-1/b22-17-,31-23?;14-11-;;;;. The summed E-state index contributed by atoms with van der Waals surface area (Å²) in [7, 11) is 0. The molecule has 0 saturated carbocycles. The summed E-state index contributed by atoms with van der Waals surface area (Å²) >= 11 is 0. The van der Waals surface area contributed by atoms with Gasteiger partial charge in [0, 0.05) is 42.4 Å². The summed E-state index contributed by atoms with van der Waals surface area (Å²) in [4.78, 5) is 16.8. The fourth-order valence-electron chi connectivity index (χ4n) is 5.99. The van der Waals surface area contributed by atoms with Crippen LogP contribution in [0.5, 0.6) is 0 Å². The fourth-order valence-corrected chi connectivity index (χ4v) is 5.99. The summed E-state index contributed by atoms with van der Waals surface area (Å²) < 4.78 is 0. The Bertz CT molecular complexity index is 1750. The Hall–Kier alpha value is -3.73. The van der Waals surface area contributed by atoms with Gasteiger partial charge in [-0.25, -0.2) is 0 Å². The van der Waals surface area contributed by atoms with Crippen LogP contribution in [0.2, 0.25) is 0 Å². The molecular weight excluding hydrogens is 931 g/mol. The van der Waals surface area contributed by atoms with Crippen molar-refractivity contribution in [2.75, 3.05) is 0 Å². The zero-order valence-corrected chi connectivity index (χ0v) is 40.7. The summed E-state index contributed by atoms with van der Waals surface area (Å²) in [5.74, 6) is 1.22. The number of hydrogen-bond donors (Lipinski definition) is 0. The molecule has 4 aromatic carbocycles. The maximum absolute atomic E-state index is 11.8. The van der Waals surface area contributed by atoms with E-state index in [-0.39, 0.29) is 53.6 Å². The number of unbranched alkanes of at least 4 members (excludes halogenated alkanes) is 3. The molecule has 57 heavy (non-hydrogen) atoms. The second-order valence-corrected chi connectivity index (χ2v) is 15.2. The van der Waals surface area contributed by atoms with Crippen molar-refractivity contribution >= 4 is 28.6 Å². The SMILES string of the molecule is CC(/C=C(/C)[N-]c1c(C(C)C)cccc1C(C)C)=Nc1c(C(C)C)cccc1C(C)C.CCCCCC.O=C(/C=C(\[O-])c1ccccc1)c1ccccc1.[O-2].[O-2].[U]. The Morgan fingerprint density at radius 3 is 1.37 bits per heavy atom. The predicted molar refractivity (Wildman–Crippen MR) is 235 cm³/mol. The van der Waals surface area contributed by atoms with Gasteiger partial charge in [0.05, 0.1) is 5.69 Å². The van der Waals surface area contributed by atoms with E-state index in [9.17, 15) is 9.90 Å². The van der Waals surface area contributed by atoms with E-state index >= 15 is 0 Å². The molecule has 4 aromatic rings. The first-order valence-corrected chi connectivity index (χ1v) is 20.0. The van der Waals surface area contributed by atoms with Gasteiger partial charge in [0.25, 0.3) is 0 Å². The Labute approximate surface area is 369 Å². The average molecular weight is 997 g/mol. The van der Waals surface area contributed by atoms with E-state index < -0.39 is 0 Å². The number of allylic oxidation sites excluding steroid dienone is 3. The molecule has 0 heterocycles. The zero-order valence-electron chi connectivity index (χ0n) is 36.6. The summed E-state index contributed by atoms with van der Waals surface area (Å²) in [5.41, 5.74) is 10.5. The molecule has 0 amide bonds. The molecule has 0 aliphatic carbocycles. The van der Waals surface area contributed by atoms with Gasteiger partial charge >= 0.3 is 0 Å². The normalized spacial score (nSPS) is 11.4. The summed E-state index contributed by atoms with van der Waals surface area (Å²) in [6.45, 7) is 26.5. The number of nitrogens with zero attached hydrogens (tertiary/aromatic N) is 2. The van der Waals surface area contributed by atoms with Crippen LogP contribution in [-0.4, -0.2) is 11.5 Å².